The molecule has 3 unspecified atom stereocenters. The summed E-state index contributed by atoms with van der Waals surface area (Å²) in [5.74, 6) is 0.613. The normalized spacial score (nSPS) is 16.5. The number of hydrogen-bond acceptors (Lipinski definition) is 4. The minimum Gasteiger partial charge on any atom is -0.392 e. The van der Waals surface area contributed by atoms with E-state index >= 15 is 0 Å². The molecule has 3 atom stereocenters. The molecule has 0 heterocycles. The molecule has 4 heteroatoms. The molecular weight excluding hydrogens is 230 g/mol. The van der Waals surface area contributed by atoms with Gasteiger partial charge >= 0.3 is 0 Å². The average molecular weight is 261 g/mol. The monoisotopic (exact) mass is 261 g/mol. The highest BCUT2D eigenvalue weighted by Gasteiger charge is 2.09. The number of aliphatic hydroxyl groups excluding tert-OH is 2. The van der Waals surface area contributed by atoms with Gasteiger partial charge in [-0.25, -0.2) is 0 Å². The number of aliphatic hydroxyl groups is 2. The van der Waals surface area contributed by atoms with E-state index in [1.54, 1.807) is 6.92 Å². The number of nitrogens with one attached hydrogen (secondary N) is 1. The topological polar surface area (TPSA) is 61.7 Å². The van der Waals surface area contributed by atoms with Gasteiger partial charge in [-0.3, -0.25) is 0 Å². The molecule has 0 aliphatic heterocycles. The number of rotatable bonds is 12. The minimum atomic E-state index is -0.493. The second-order valence-electron chi connectivity index (χ2n) is 5.12. The SMILES string of the molecule is CCCCC(CC)COCC(O)CNCC(C)O. The van der Waals surface area contributed by atoms with Crippen LogP contribution in [-0.4, -0.2) is 48.7 Å². The van der Waals surface area contributed by atoms with Gasteiger partial charge in [0.2, 0.25) is 0 Å². The van der Waals surface area contributed by atoms with Crippen LogP contribution in [0.3, 0.4) is 0 Å². The summed E-state index contributed by atoms with van der Waals surface area (Å²) in [6.45, 7) is 8.19. The summed E-state index contributed by atoms with van der Waals surface area (Å²) in [4.78, 5) is 0. The van der Waals surface area contributed by atoms with E-state index in [1.807, 2.05) is 0 Å². The van der Waals surface area contributed by atoms with Crippen molar-refractivity contribution in [3.05, 3.63) is 0 Å². The van der Waals surface area contributed by atoms with E-state index in [0.717, 1.165) is 13.0 Å². The zero-order chi connectivity index (χ0) is 13.8. The average Bonchev–Trinajstić information content (AvgIpc) is 2.33. The lowest BCUT2D eigenvalue weighted by atomic mass is 10.0. The van der Waals surface area contributed by atoms with E-state index in [9.17, 15) is 5.11 Å². The third-order valence-corrected chi connectivity index (χ3v) is 3.03. The van der Waals surface area contributed by atoms with Gasteiger partial charge in [-0.2, -0.15) is 0 Å². The van der Waals surface area contributed by atoms with E-state index < -0.39 is 6.10 Å². The summed E-state index contributed by atoms with van der Waals surface area (Å²) in [5.41, 5.74) is 0. The summed E-state index contributed by atoms with van der Waals surface area (Å²) in [6.07, 6.45) is 3.95. The van der Waals surface area contributed by atoms with Crippen LogP contribution in [0, 0.1) is 5.92 Å². The Morgan fingerprint density at radius 3 is 2.39 bits per heavy atom. The summed E-state index contributed by atoms with van der Waals surface area (Å²) in [7, 11) is 0. The van der Waals surface area contributed by atoms with Gasteiger partial charge in [0.05, 0.1) is 18.8 Å². The van der Waals surface area contributed by atoms with E-state index in [1.165, 1.54) is 19.3 Å². The fourth-order valence-electron chi connectivity index (χ4n) is 1.79. The smallest absolute Gasteiger partial charge is 0.0897 e. The van der Waals surface area contributed by atoms with Gasteiger partial charge in [0.1, 0.15) is 0 Å². The molecule has 0 radical (unpaired) electrons. The Morgan fingerprint density at radius 2 is 1.83 bits per heavy atom. The summed E-state index contributed by atoms with van der Waals surface area (Å²) >= 11 is 0. The number of unbranched alkanes of at least 4 members (excludes halogenated alkanes) is 1. The van der Waals surface area contributed by atoms with Crippen molar-refractivity contribution >= 4 is 0 Å². The van der Waals surface area contributed by atoms with Crippen molar-refractivity contribution in [3.8, 4) is 0 Å². The van der Waals surface area contributed by atoms with Gasteiger partial charge < -0.3 is 20.3 Å². The molecule has 18 heavy (non-hydrogen) atoms. The Labute approximate surface area is 112 Å². The predicted molar refractivity (Wildman–Crippen MR) is 74.7 cm³/mol. The molecule has 0 aliphatic carbocycles. The molecule has 0 rings (SSSR count). The molecule has 0 bridgehead atoms. The van der Waals surface area contributed by atoms with Crippen LogP contribution in [0.15, 0.2) is 0 Å². The highest BCUT2D eigenvalue weighted by Crippen LogP contribution is 2.12. The lowest BCUT2D eigenvalue weighted by Crippen LogP contribution is -2.34. The van der Waals surface area contributed by atoms with Crippen LogP contribution in [0.2, 0.25) is 0 Å². The minimum absolute atomic E-state index is 0.370. The van der Waals surface area contributed by atoms with Crippen molar-refractivity contribution in [2.24, 2.45) is 5.92 Å². The second kappa shape index (κ2) is 11.9. The van der Waals surface area contributed by atoms with E-state index in [-0.39, 0.29) is 6.10 Å². The molecule has 0 spiro atoms. The van der Waals surface area contributed by atoms with Crippen LogP contribution in [0.4, 0.5) is 0 Å². The van der Waals surface area contributed by atoms with Crippen LogP contribution in [0.25, 0.3) is 0 Å². The standard InChI is InChI=1S/C14H31NO3/c1-4-6-7-13(5-2)10-18-11-14(17)9-15-8-12(3)16/h12-17H,4-11H2,1-3H3. The van der Waals surface area contributed by atoms with Crippen LogP contribution >= 0.6 is 0 Å². The summed E-state index contributed by atoms with van der Waals surface area (Å²) < 4.78 is 5.55. The summed E-state index contributed by atoms with van der Waals surface area (Å²) in [5, 5.41) is 21.7. The van der Waals surface area contributed by atoms with Gasteiger partial charge in [0.15, 0.2) is 0 Å². The Hall–Kier alpha value is -0.160. The molecular formula is C14H31NO3. The third-order valence-electron chi connectivity index (χ3n) is 3.03. The van der Waals surface area contributed by atoms with E-state index in [0.29, 0.717) is 25.6 Å². The van der Waals surface area contributed by atoms with Gasteiger partial charge in [-0.05, 0) is 19.3 Å². The van der Waals surface area contributed by atoms with Crippen molar-refractivity contribution in [1.82, 2.24) is 5.32 Å². The predicted octanol–water partition coefficient (Wildman–Crippen LogP) is 1.55. The number of hydrogen-bond donors (Lipinski definition) is 3. The van der Waals surface area contributed by atoms with Gasteiger partial charge in [0.25, 0.3) is 0 Å². The molecule has 0 aliphatic rings. The Morgan fingerprint density at radius 1 is 1.11 bits per heavy atom. The molecule has 0 aromatic heterocycles. The first-order valence-corrected chi connectivity index (χ1v) is 7.24. The van der Waals surface area contributed by atoms with Crippen molar-refractivity contribution in [1.29, 1.82) is 0 Å². The maximum absolute atomic E-state index is 9.65. The van der Waals surface area contributed by atoms with Crippen molar-refractivity contribution in [3.63, 3.8) is 0 Å². The molecule has 3 N–H and O–H groups in total. The maximum Gasteiger partial charge on any atom is 0.0897 e. The highest BCUT2D eigenvalue weighted by molar-refractivity contribution is 4.62. The Balaban J connectivity index is 3.49. The largest absolute Gasteiger partial charge is 0.392 e. The van der Waals surface area contributed by atoms with E-state index in [4.69, 9.17) is 9.84 Å². The molecule has 0 aromatic carbocycles. The second-order valence-corrected chi connectivity index (χ2v) is 5.12. The zero-order valence-electron chi connectivity index (χ0n) is 12.2. The Kier molecular flexibility index (Phi) is 11.8. The quantitative estimate of drug-likeness (QED) is 0.499. The van der Waals surface area contributed by atoms with Crippen LogP contribution in [0.1, 0.15) is 46.5 Å². The lowest BCUT2D eigenvalue weighted by Gasteiger charge is -2.17. The maximum atomic E-state index is 9.65. The first kappa shape index (κ1) is 17.8. The molecule has 0 fully saturated rings. The molecule has 110 valence electrons. The third kappa shape index (κ3) is 11.0. The molecule has 4 nitrogen and oxygen atoms in total. The zero-order valence-corrected chi connectivity index (χ0v) is 12.2. The van der Waals surface area contributed by atoms with Gasteiger partial charge in [-0.15, -0.1) is 0 Å². The fourth-order valence-corrected chi connectivity index (χ4v) is 1.79. The lowest BCUT2D eigenvalue weighted by molar-refractivity contribution is 0.0184. The van der Waals surface area contributed by atoms with Crippen LogP contribution in [-0.2, 0) is 4.74 Å². The molecule has 0 amide bonds. The number of ether oxygens (including phenoxy) is 1. The highest BCUT2D eigenvalue weighted by atomic mass is 16.5. The van der Waals surface area contributed by atoms with Crippen LogP contribution < -0.4 is 5.32 Å². The van der Waals surface area contributed by atoms with Crippen LogP contribution in [0.5, 0.6) is 0 Å². The fraction of sp³-hybridized carbons (Fsp3) is 1.00. The van der Waals surface area contributed by atoms with Gasteiger partial charge in [-0.1, -0.05) is 33.1 Å². The molecule has 0 saturated carbocycles. The van der Waals surface area contributed by atoms with Gasteiger partial charge in [0, 0.05) is 19.7 Å². The first-order chi connectivity index (χ1) is 8.60. The first-order valence-electron chi connectivity index (χ1n) is 7.24. The summed E-state index contributed by atoms with van der Waals surface area (Å²) in [6, 6.07) is 0. The van der Waals surface area contributed by atoms with Crippen molar-refractivity contribution < 1.29 is 14.9 Å². The van der Waals surface area contributed by atoms with Crippen molar-refractivity contribution in [2.75, 3.05) is 26.3 Å². The van der Waals surface area contributed by atoms with E-state index in [2.05, 4.69) is 19.2 Å². The Bertz CT molecular complexity index is 176. The van der Waals surface area contributed by atoms with Crippen molar-refractivity contribution in [2.45, 2.75) is 58.7 Å². The molecule has 0 aromatic rings. The molecule has 0 saturated heterocycles.